The van der Waals surface area contributed by atoms with Gasteiger partial charge in [-0.05, 0) is 42.7 Å². The van der Waals surface area contributed by atoms with Gasteiger partial charge in [-0.3, -0.25) is 9.69 Å². The third-order valence-electron chi connectivity index (χ3n) is 5.53. The second-order valence-corrected chi connectivity index (χ2v) is 8.90. The van der Waals surface area contributed by atoms with E-state index in [4.69, 9.17) is 0 Å². The smallest absolute Gasteiger partial charge is 0.340 e. The van der Waals surface area contributed by atoms with Gasteiger partial charge in [0.25, 0.3) is 0 Å². The topological polar surface area (TPSA) is 36.4 Å². The fourth-order valence-corrected chi connectivity index (χ4v) is 4.80. The molecule has 8 heteroatoms. The van der Waals surface area contributed by atoms with E-state index in [2.05, 4.69) is 16.0 Å². The first kappa shape index (κ1) is 21.8. The van der Waals surface area contributed by atoms with E-state index in [9.17, 15) is 18.0 Å². The Hall–Kier alpha value is -2.45. The van der Waals surface area contributed by atoms with Crippen LogP contribution in [0.3, 0.4) is 0 Å². The molecule has 4 nitrogen and oxygen atoms in total. The molecule has 31 heavy (non-hydrogen) atoms. The second-order valence-electron chi connectivity index (χ2n) is 7.78. The fourth-order valence-electron chi connectivity index (χ4n) is 3.79. The normalized spacial score (nSPS) is 15.5. The van der Waals surface area contributed by atoms with Crippen LogP contribution in [0.15, 0.2) is 48.5 Å². The number of aryl methyl sites for hydroxylation is 1. The van der Waals surface area contributed by atoms with Crippen LogP contribution in [0.2, 0.25) is 0 Å². The summed E-state index contributed by atoms with van der Waals surface area (Å²) in [7, 11) is 0. The maximum atomic E-state index is 12.7. The third-order valence-corrected chi connectivity index (χ3v) is 6.63. The highest BCUT2D eigenvalue weighted by Gasteiger charge is 2.30. The number of piperazine rings is 1. The summed E-state index contributed by atoms with van der Waals surface area (Å²) in [4.78, 5) is 21.2. The van der Waals surface area contributed by atoms with E-state index in [1.807, 2.05) is 23.1 Å². The van der Waals surface area contributed by atoms with Crippen LogP contribution in [0, 0.1) is 0 Å². The van der Waals surface area contributed by atoms with Gasteiger partial charge in [-0.1, -0.05) is 24.3 Å². The van der Waals surface area contributed by atoms with E-state index >= 15 is 0 Å². The zero-order valence-electron chi connectivity index (χ0n) is 17.1. The van der Waals surface area contributed by atoms with Crippen molar-refractivity contribution in [3.63, 3.8) is 0 Å². The van der Waals surface area contributed by atoms with Crippen molar-refractivity contribution in [2.24, 2.45) is 0 Å². The van der Waals surface area contributed by atoms with Crippen LogP contribution in [0.1, 0.15) is 29.0 Å². The second kappa shape index (κ2) is 9.36. The van der Waals surface area contributed by atoms with Crippen molar-refractivity contribution in [2.45, 2.75) is 32.0 Å². The first-order valence-electron chi connectivity index (χ1n) is 10.4. The summed E-state index contributed by atoms with van der Waals surface area (Å²) in [6, 6.07) is 13.4. The van der Waals surface area contributed by atoms with E-state index in [1.54, 1.807) is 11.3 Å². The van der Waals surface area contributed by atoms with Crippen molar-refractivity contribution in [3.8, 4) is 0 Å². The minimum absolute atomic E-state index is 0.162. The van der Waals surface area contributed by atoms with Crippen LogP contribution in [-0.2, 0) is 23.9 Å². The molecule has 0 atom stereocenters. The number of fused-ring (bicyclic) bond motifs is 1. The number of thiazole rings is 1. The lowest BCUT2D eigenvalue weighted by Gasteiger charge is -2.34. The number of benzene rings is 2. The number of halogens is 3. The number of amides is 1. The van der Waals surface area contributed by atoms with Gasteiger partial charge in [0.15, 0.2) is 0 Å². The van der Waals surface area contributed by atoms with Gasteiger partial charge >= 0.3 is 6.18 Å². The zero-order chi connectivity index (χ0) is 21.8. The predicted molar refractivity (Wildman–Crippen MR) is 116 cm³/mol. The number of hydrogen-bond donors (Lipinski definition) is 0. The summed E-state index contributed by atoms with van der Waals surface area (Å²) < 4.78 is 39.2. The highest BCUT2D eigenvalue weighted by molar-refractivity contribution is 7.18. The van der Waals surface area contributed by atoms with Crippen molar-refractivity contribution in [3.05, 3.63) is 64.7 Å². The van der Waals surface area contributed by atoms with Gasteiger partial charge in [-0.2, -0.15) is 13.2 Å². The van der Waals surface area contributed by atoms with Gasteiger partial charge in [0.05, 0.1) is 20.8 Å². The molecule has 0 saturated carbocycles. The minimum Gasteiger partial charge on any atom is -0.340 e. The van der Waals surface area contributed by atoms with E-state index in [1.165, 1.54) is 16.8 Å². The zero-order valence-corrected chi connectivity index (χ0v) is 17.9. The van der Waals surface area contributed by atoms with Crippen molar-refractivity contribution in [1.29, 1.82) is 0 Å². The number of hydrogen-bond acceptors (Lipinski definition) is 4. The SMILES string of the molecule is O=C(CCCc1nc2ccccc2s1)N1CCN(Cc2ccc(C(F)(F)F)cc2)CC1. The van der Waals surface area contributed by atoms with Gasteiger partial charge in [0.1, 0.15) is 0 Å². The van der Waals surface area contributed by atoms with Crippen LogP contribution in [0.4, 0.5) is 13.2 Å². The molecule has 1 aliphatic heterocycles. The predicted octanol–water partition coefficient (Wildman–Crippen LogP) is 4.98. The molecule has 0 bridgehead atoms. The summed E-state index contributed by atoms with van der Waals surface area (Å²) in [6.07, 6.45) is -2.21. The number of alkyl halides is 3. The molecule has 0 radical (unpaired) electrons. The quantitative estimate of drug-likeness (QED) is 0.535. The molecule has 3 aromatic rings. The van der Waals surface area contributed by atoms with Gasteiger partial charge < -0.3 is 4.90 Å². The summed E-state index contributed by atoms with van der Waals surface area (Å²) in [5, 5.41) is 1.07. The lowest BCUT2D eigenvalue weighted by atomic mass is 10.1. The Labute approximate surface area is 183 Å². The first-order valence-corrected chi connectivity index (χ1v) is 11.2. The van der Waals surface area contributed by atoms with Crippen LogP contribution in [0.25, 0.3) is 10.2 Å². The van der Waals surface area contributed by atoms with Gasteiger partial charge in [0.2, 0.25) is 5.91 Å². The Bertz CT molecular complexity index is 991. The summed E-state index contributed by atoms with van der Waals surface area (Å²) in [5.74, 6) is 0.162. The molecule has 0 unspecified atom stereocenters. The maximum Gasteiger partial charge on any atom is 0.416 e. The number of rotatable bonds is 6. The number of nitrogens with zero attached hydrogens (tertiary/aromatic N) is 3. The van der Waals surface area contributed by atoms with E-state index in [0.717, 1.165) is 54.2 Å². The van der Waals surface area contributed by atoms with Gasteiger partial charge in [-0.15, -0.1) is 11.3 Å². The number of para-hydroxylation sites is 1. The molecule has 1 aromatic heterocycles. The summed E-state index contributed by atoms with van der Waals surface area (Å²) in [5.41, 5.74) is 1.24. The van der Waals surface area contributed by atoms with Crippen LogP contribution in [-0.4, -0.2) is 46.9 Å². The average molecular weight is 448 g/mol. The van der Waals surface area contributed by atoms with Crippen LogP contribution < -0.4 is 0 Å². The minimum atomic E-state index is -4.31. The molecule has 1 aliphatic rings. The van der Waals surface area contributed by atoms with E-state index in [0.29, 0.717) is 26.1 Å². The molecule has 1 amide bonds. The molecule has 0 N–H and O–H groups in total. The van der Waals surface area contributed by atoms with Crippen molar-refractivity contribution in [2.75, 3.05) is 26.2 Å². The standard InChI is InChI=1S/C23H24F3N3OS/c24-23(25,26)18-10-8-17(9-11-18)16-28-12-14-29(15-13-28)22(30)7-3-6-21-27-19-4-1-2-5-20(19)31-21/h1-2,4-5,8-11H,3,6-7,12-16H2. The maximum absolute atomic E-state index is 12.7. The lowest BCUT2D eigenvalue weighted by Crippen LogP contribution is -2.48. The Kier molecular flexibility index (Phi) is 6.57. The molecule has 164 valence electrons. The molecule has 0 spiro atoms. The Morgan fingerprint density at radius 2 is 1.71 bits per heavy atom. The molecule has 2 aromatic carbocycles. The van der Waals surface area contributed by atoms with Gasteiger partial charge in [0, 0.05) is 39.1 Å². The van der Waals surface area contributed by atoms with Gasteiger partial charge in [-0.25, -0.2) is 4.98 Å². The van der Waals surface area contributed by atoms with Crippen LogP contribution >= 0.6 is 11.3 Å². The van der Waals surface area contributed by atoms with E-state index < -0.39 is 11.7 Å². The number of carbonyl (C=O) groups is 1. The van der Waals surface area contributed by atoms with Crippen molar-refractivity contribution < 1.29 is 18.0 Å². The fraction of sp³-hybridized carbons (Fsp3) is 0.391. The van der Waals surface area contributed by atoms with Crippen LogP contribution in [0.5, 0.6) is 0 Å². The molecular weight excluding hydrogens is 423 g/mol. The lowest BCUT2D eigenvalue weighted by molar-refractivity contribution is -0.137. The Morgan fingerprint density at radius 3 is 2.39 bits per heavy atom. The average Bonchev–Trinajstić information content (AvgIpc) is 3.17. The molecule has 2 heterocycles. The first-order chi connectivity index (χ1) is 14.9. The van der Waals surface area contributed by atoms with Crippen molar-refractivity contribution >= 4 is 27.5 Å². The number of aromatic nitrogens is 1. The Balaban J connectivity index is 1.19. The molecule has 0 aliphatic carbocycles. The highest BCUT2D eigenvalue weighted by atomic mass is 32.1. The third kappa shape index (κ3) is 5.62. The molecule has 4 rings (SSSR count). The van der Waals surface area contributed by atoms with Crippen molar-refractivity contribution in [1.82, 2.24) is 14.8 Å². The Morgan fingerprint density at radius 1 is 1.00 bits per heavy atom. The number of carbonyl (C=O) groups excluding carboxylic acids is 1. The highest BCUT2D eigenvalue weighted by Crippen LogP contribution is 2.29. The summed E-state index contributed by atoms with van der Waals surface area (Å²) >= 11 is 1.68. The molecular formula is C23H24F3N3OS. The summed E-state index contributed by atoms with van der Waals surface area (Å²) in [6.45, 7) is 3.36. The largest absolute Gasteiger partial charge is 0.416 e. The molecule has 1 fully saturated rings. The monoisotopic (exact) mass is 447 g/mol. The van der Waals surface area contributed by atoms with E-state index in [-0.39, 0.29) is 5.91 Å². The molecule has 1 saturated heterocycles.